The van der Waals surface area contributed by atoms with E-state index in [1.54, 1.807) is 6.92 Å². The molecule has 0 rings (SSSR count). The maximum Gasteiger partial charge on any atom is 0 e. The number of hydrogen-bond donors (Lipinski definition) is 0. The largest absolute Gasteiger partial charge is 0.106 e. The van der Waals surface area contributed by atoms with Gasteiger partial charge in [0.15, 0.2) is 0 Å². The maximum absolute atomic E-state index is 4.90. The first-order chi connectivity index (χ1) is 22.8. The van der Waals surface area contributed by atoms with E-state index < -0.39 is 0 Å². The van der Waals surface area contributed by atoms with Crippen molar-refractivity contribution in [3.05, 3.63) is 0 Å². The van der Waals surface area contributed by atoms with E-state index in [9.17, 15) is 0 Å². The average molecular weight is 649 g/mol. The molecule has 0 aliphatic rings. The van der Waals surface area contributed by atoms with Crippen LogP contribution in [0.3, 0.4) is 0 Å². The topological polar surface area (TPSA) is 0 Å². The molecule has 0 N–H and O–H groups in total. The minimum atomic E-state index is 0. The van der Waals surface area contributed by atoms with E-state index in [0.29, 0.717) is 0 Å². The minimum Gasteiger partial charge on any atom is -0.106 e. The lowest BCUT2D eigenvalue weighted by atomic mass is 10.0. The van der Waals surface area contributed by atoms with Crippen molar-refractivity contribution in [2.24, 2.45) is 0 Å². The van der Waals surface area contributed by atoms with Crippen LogP contribution in [0, 0.1) is 131 Å². The third-order valence-electron chi connectivity index (χ3n) is 6.53. The van der Waals surface area contributed by atoms with Crippen LogP contribution < -0.4 is 0 Å². The Morgan fingerprint density at radius 1 is 0.283 bits per heavy atom. The molecule has 280 valence electrons. The van der Waals surface area contributed by atoms with Crippen molar-refractivity contribution in [2.45, 2.75) is 156 Å². The molecule has 0 spiro atoms. The van der Waals surface area contributed by atoms with Gasteiger partial charge in [-0.3, -0.25) is 0 Å². The molecule has 0 aliphatic carbocycles. The van der Waals surface area contributed by atoms with Crippen molar-refractivity contribution in [1.82, 2.24) is 0 Å². The van der Waals surface area contributed by atoms with Crippen LogP contribution >= 0.6 is 0 Å². The van der Waals surface area contributed by atoms with Gasteiger partial charge in [0, 0.05) is 55.1 Å². The quantitative estimate of drug-likeness (QED) is 0.0910. The Hall–Kier alpha value is -4.84. The minimum absolute atomic E-state index is 0. The Balaban J connectivity index is -0.0000000196. The predicted molar refractivity (Wildman–Crippen MR) is 247 cm³/mol. The van der Waals surface area contributed by atoms with Crippen LogP contribution in [0.2, 0.25) is 0 Å². The molecule has 0 saturated heterocycles. The molecular formula is C46H96. The van der Waals surface area contributed by atoms with Gasteiger partial charge in [-0.2, -0.15) is 0 Å². The fraction of sp³-hybridized carbons (Fsp3) is 0.522. The molecule has 0 bridgehead atoms. The highest BCUT2D eigenvalue weighted by Gasteiger charge is 1.95. The molecule has 0 saturated carbocycles. The summed E-state index contributed by atoms with van der Waals surface area (Å²) in [6.07, 6.45) is 35.8. The van der Waals surface area contributed by atoms with Crippen LogP contribution in [-0.4, -0.2) is 0 Å². The molecule has 0 radical (unpaired) electrons. The zero-order valence-corrected chi connectivity index (χ0v) is 28.9. The summed E-state index contributed by atoms with van der Waals surface area (Å²) in [7, 11) is 0. The Bertz CT molecular complexity index is 1500. The van der Waals surface area contributed by atoms with E-state index in [-0.39, 0.29) is 31.4 Å². The van der Waals surface area contributed by atoms with Crippen LogP contribution in [0.15, 0.2) is 0 Å². The highest BCUT2D eigenvalue weighted by atomic mass is 14.0. The Labute approximate surface area is 318 Å². The van der Waals surface area contributed by atoms with Gasteiger partial charge in [-0.1, -0.05) is 155 Å². The van der Waals surface area contributed by atoms with Crippen LogP contribution in [-0.2, 0) is 0 Å². The first-order valence-corrected chi connectivity index (χ1v) is 17.2. The molecule has 0 aliphatic heterocycles. The fourth-order valence-electron chi connectivity index (χ4n) is 4.14. The van der Waals surface area contributed by atoms with Crippen molar-refractivity contribution >= 4 is 0 Å². The molecule has 0 aromatic carbocycles. The molecule has 0 amide bonds. The summed E-state index contributed by atoms with van der Waals surface area (Å²) in [5.74, 6) is 51.9. The lowest BCUT2D eigenvalue weighted by Gasteiger charge is -2.04. The lowest BCUT2D eigenvalue weighted by molar-refractivity contribution is 0.521. The SMILES string of the molecule is C#CC#CC#CC#CC#CC#CC#CC#CC#CC#CC#CC.CCCCCCCCCCCCCCCCCCCCCCC.[HH].[HH].[HH].[HH].[HH].[HH].[HH].[HH].[HH].[HH].[HH].[HH].[HH].[HH].[HH].[HH].[HH].[HH].[HH].[HH].[HH].[HH]. The Kier molecular flexibility index (Phi) is 42.0. The van der Waals surface area contributed by atoms with Gasteiger partial charge in [0.05, 0.1) is 0 Å². The number of rotatable bonds is 20. The second-order valence-electron chi connectivity index (χ2n) is 10.5. The lowest BCUT2D eigenvalue weighted by Crippen LogP contribution is -1.84. The number of unbranched alkanes of at least 4 members (excludes halogenated alkanes) is 20. The number of terminal acetylenes is 1. The summed E-state index contributed by atoms with van der Waals surface area (Å²) >= 11 is 0. The van der Waals surface area contributed by atoms with E-state index in [1.807, 2.05) is 0 Å². The van der Waals surface area contributed by atoms with Gasteiger partial charge in [-0.05, 0) is 102 Å². The summed E-state index contributed by atoms with van der Waals surface area (Å²) < 4.78 is 0. The van der Waals surface area contributed by atoms with E-state index in [2.05, 4.69) is 138 Å². The van der Waals surface area contributed by atoms with Gasteiger partial charge >= 0.3 is 0 Å². The van der Waals surface area contributed by atoms with Gasteiger partial charge < -0.3 is 0 Å². The average Bonchev–Trinajstić information content (AvgIpc) is 3.07. The van der Waals surface area contributed by atoms with Crippen LogP contribution in [0.4, 0.5) is 0 Å². The molecule has 0 fully saturated rings. The van der Waals surface area contributed by atoms with Gasteiger partial charge in [0.1, 0.15) is 0 Å². The first-order valence-electron chi connectivity index (χ1n) is 17.2. The zero-order chi connectivity index (χ0) is 33.7. The van der Waals surface area contributed by atoms with E-state index in [4.69, 9.17) is 6.42 Å². The van der Waals surface area contributed by atoms with Gasteiger partial charge in [-0.15, -0.1) is 6.42 Å². The molecule has 0 atom stereocenters. The Morgan fingerprint density at radius 3 is 0.630 bits per heavy atom. The summed E-state index contributed by atoms with van der Waals surface area (Å²) in [5, 5.41) is 0. The molecule has 0 heteroatoms. The summed E-state index contributed by atoms with van der Waals surface area (Å²) in [4.78, 5) is 0. The third-order valence-corrected chi connectivity index (χ3v) is 6.53. The van der Waals surface area contributed by atoms with Crippen molar-refractivity contribution in [3.8, 4) is 131 Å². The molecular weight excluding hydrogens is 553 g/mol. The van der Waals surface area contributed by atoms with E-state index >= 15 is 0 Å². The molecule has 0 aromatic rings. The van der Waals surface area contributed by atoms with Crippen LogP contribution in [0.5, 0.6) is 0 Å². The molecule has 46 heavy (non-hydrogen) atoms. The Morgan fingerprint density at radius 2 is 0.457 bits per heavy atom. The van der Waals surface area contributed by atoms with E-state index in [1.165, 1.54) is 135 Å². The second kappa shape index (κ2) is 44.6. The van der Waals surface area contributed by atoms with E-state index in [0.717, 1.165) is 0 Å². The van der Waals surface area contributed by atoms with Crippen molar-refractivity contribution < 1.29 is 31.4 Å². The molecule has 0 aromatic heterocycles. The summed E-state index contributed by atoms with van der Waals surface area (Å²) in [6.45, 7) is 6.30. The third kappa shape index (κ3) is 46.1. The first kappa shape index (κ1) is 43.3. The normalized spacial score (nSPS) is 7.52. The standard InChI is InChI=1S/C23H48.C23H4.22H2/c2*1-3-5-7-9-11-13-15-17-19-21-23-22-20-18-16-14-12-10-8-6-4-2;;;;;;;;;;;;;;;;;;;;;;/h3-23H2,1-2H3;1H,2H3;22*1H. The highest BCUT2D eigenvalue weighted by Crippen LogP contribution is 2.14. The fourth-order valence-corrected chi connectivity index (χ4v) is 4.14. The number of hydrogen-bond acceptors (Lipinski definition) is 0. The monoisotopic (exact) mass is 649 g/mol. The highest BCUT2D eigenvalue weighted by molar-refractivity contribution is 5.47. The zero-order valence-electron chi connectivity index (χ0n) is 28.9. The summed E-state index contributed by atoms with van der Waals surface area (Å²) in [5.41, 5.74) is 0. The van der Waals surface area contributed by atoms with Crippen molar-refractivity contribution in [1.29, 1.82) is 0 Å². The van der Waals surface area contributed by atoms with Gasteiger partial charge in [0.2, 0.25) is 0 Å². The van der Waals surface area contributed by atoms with Crippen molar-refractivity contribution in [3.63, 3.8) is 0 Å². The smallest absolute Gasteiger partial charge is 0 e. The van der Waals surface area contributed by atoms with Crippen LogP contribution in [0.25, 0.3) is 0 Å². The van der Waals surface area contributed by atoms with Gasteiger partial charge in [0.25, 0.3) is 0 Å². The second-order valence-corrected chi connectivity index (χ2v) is 10.5. The van der Waals surface area contributed by atoms with Crippen LogP contribution in [0.1, 0.15) is 187 Å². The van der Waals surface area contributed by atoms with Crippen molar-refractivity contribution in [2.75, 3.05) is 0 Å². The molecule has 0 nitrogen and oxygen atoms in total. The maximum atomic E-state index is 4.90. The summed E-state index contributed by atoms with van der Waals surface area (Å²) in [6, 6.07) is 0. The van der Waals surface area contributed by atoms with Gasteiger partial charge in [-0.25, -0.2) is 0 Å². The molecule has 0 unspecified atom stereocenters. The predicted octanol–water partition coefficient (Wildman–Crippen LogP) is 15.3. The molecule has 0 heterocycles.